The third-order valence-electron chi connectivity index (χ3n) is 4.66. The Kier molecular flexibility index (Phi) is 6.47. The van der Waals surface area contributed by atoms with E-state index in [2.05, 4.69) is 15.6 Å². The topological polar surface area (TPSA) is 63.2 Å². The number of carbonyl (C=O) groups is 1. The minimum absolute atomic E-state index is 0.164. The van der Waals surface area contributed by atoms with Gasteiger partial charge in [0.05, 0.1) is 12.2 Å². The molecule has 1 fully saturated rings. The SMILES string of the molecule is CCOc1ccc(NC(=O)c2ccc(NC3CCCCCC3)nc2)cc1. The van der Waals surface area contributed by atoms with E-state index in [9.17, 15) is 4.79 Å². The molecule has 1 heterocycles. The van der Waals surface area contributed by atoms with Crippen molar-refractivity contribution >= 4 is 17.4 Å². The average molecular weight is 353 g/mol. The third-order valence-corrected chi connectivity index (χ3v) is 4.66. The van der Waals surface area contributed by atoms with Gasteiger partial charge in [-0.15, -0.1) is 0 Å². The maximum Gasteiger partial charge on any atom is 0.257 e. The molecule has 0 spiro atoms. The maximum absolute atomic E-state index is 12.4. The first-order valence-electron chi connectivity index (χ1n) is 9.51. The molecule has 0 radical (unpaired) electrons. The van der Waals surface area contributed by atoms with Crippen LogP contribution < -0.4 is 15.4 Å². The van der Waals surface area contributed by atoms with Gasteiger partial charge in [-0.25, -0.2) is 4.98 Å². The molecule has 26 heavy (non-hydrogen) atoms. The monoisotopic (exact) mass is 353 g/mol. The fourth-order valence-corrected chi connectivity index (χ4v) is 3.25. The summed E-state index contributed by atoms with van der Waals surface area (Å²) in [6.45, 7) is 2.57. The second-order valence-corrected chi connectivity index (χ2v) is 6.68. The zero-order valence-corrected chi connectivity index (χ0v) is 15.3. The molecular weight excluding hydrogens is 326 g/mol. The molecular formula is C21H27N3O2. The van der Waals surface area contributed by atoms with Crippen molar-refractivity contribution in [2.24, 2.45) is 0 Å². The standard InChI is InChI=1S/C21H27N3O2/c1-2-26-19-12-10-18(11-13-19)24-21(25)16-9-14-20(22-15-16)23-17-7-5-3-4-6-8-17/h9-15,17H,2-8H2,1H3,(H,22,23)(H,24,25). The van der Waals surface area contributed by atoms with Crippen LogP contribution in [0.3, 0.4) is 0 Å². The molecule has 1 aliphatic carbocycles. The molecule has 1 aliphatic rings. The lowest BCUT2D eigenvalue weighted by molar-refractivity contribution is 0.102. The fraction of sp³-hybridized carbons (Fsp3) is 0.429. The summed E-state index contributed by atoms with van der Waals surface area (Å²) in [6.07, 6.45) is 9.24. The van der Waals surface area contributed by atoms with Crippen molar-refractivity contribution in [1.82, 2.24) is 4.98 Å². The zero-order valence-electron chi connectivity index (χ0n) is 15.3. The lowest BCUT2D eigenvalue weighted by atomic mass is 10.1. The summed E-state index contributed by atoms with van der Waals surface area (Å²) in [5.41, 5.74) is 1.28. The number of ether oxygens (including phenoxy) is 1. The largest absolute Gasteiger partial charge is 0.494 e. The average Bonchev–Trinajstić information content (AvgIpc) is 2.93. The molecule has 1 aromatic carbocycles. The second kappa shape index (κ2) is 9.22. The summed E-state index contributed by atoms with van der Waals surface area (Å²) in [6, 6.07) is 11.5. The summed E-state index contributed by atoms with van der Waals surface area (Å²) in [5, 5.41) is 6.38. The molecule has 0 unspecified atom stereocenters. The first kappa shape index (κ1) is 18.2. The normalized spacial score (nSPS) is 15.1. The van der Waals surface area contributed by atoms with E-state index in [1.54, 1.807) is 6.20 Å². The van der Waals surface area contributed by atoms with E-state index in [0.29, 0.717) is 18.2 Å². The summed E-state index contributed by atoms with van der Waals surface area (Å²) in [4.78, 5) is 16.8. The highest BCUT2D eigenvalue weighted by molar-refractivity contribution is 6.04. The molecule has 1 aromatic heterocycles. The number of amides is 1. The number of carbonyl (C=O) groups excluding carboxylic acids is 1. The Morgan fingerprint density at radius 1 is 1.08 bits per heavy atom. The second-order valence-electron chi connectivity index (χ2n) is 6.68. The van der Waals surface area contributed by atoms with E-state index >= 15 is 0 Å². The first-order chi connectivity index (χ1) is 12.7. The number of anilines is 2. The Hall–Kier alpha value is -2.56. The van der Waals surface area contributed by atoms with Gasteiger partial charge < -0.3 is 15.4 Å². The Balaban J connectivity index is 1.56. The summed E-state index contributed by atoms with van der Waals surface area (Å²) >= 11 is 0. The quantitative estimate of drug-likeness (QED) is 0.728. The molecule has 3 rings (SSSR count). The van der Waals surface area contributed by atoms with Crippen molar-refractivity contribution in [3.63, 3.8) is 0 Å². The van der Waals surface area contributed by atoms with Gasteiger partial charge in [-0.1, -0.05) is 25.7 Å². The Bertz CT molecular complexity index is 690. The Morgan fingerprint density at radius 3 is 2.42 bits per heavy atom. The zero-order chi connectivity index (χ0) is 18.2. The predicted octanol–water partition coefficient (Wildman–Crippen LogP) is 4.87. The molecule has 0 atom stereocenters. The van der Waals surface area contributed by atoms with Crippen LogP contribution in [0, 0.1) is 0 Å². The number of hydrogen-bond acceptors (Lipinski definition) is 4. The van der Waals surface area contributed by atoms with Gasteiger partial charge in [0.25, 0.3) is 5.91 Å². The van der Waals surface area contributed by atoms with Crippen LogP contribution in [0.2, 0.25) is 0 Å². The lowest BCUT2D eigenvalue weighted by Crippen LogP contribution is -2.19. The van der Waals surface area contributed by atoms with Gasteiger partial charge in [0.2, 0.25) is 0 Å². The van der Waals surface area contributed by atoms with Crippen molar-refractivity contribution in [1.29, 1.82) is 0 Å². The van der Waals surface area contributed by atoms with Gasteiger partial charge in [0, 0.05) is 17.9 Å². The molecule has 0 bridgehead atoms. The van der Waals surface area contributed by atoms with Crippen molar-refractivity contribution < 1.29 is 9.53 Å². The van der Waals surface area contributed by atoms with Crippen LogP contribution >= 0.6 is 0 Å². The minimum atomic E-state index is -0.164. The van der Waals surface area contributed by atoms with Crippen molar-refractivity contribution in [3.8, 4) is 5.75 Å². The van der Waals surface area contributed by atoms with Gasteiger partial charge in [-0.05, 0) is 56.2 Å². The van der Waals surface area contributed by atoms with Crippen LogP contribution in [0.15, 0.2) is 42.6 Å². The van der Waals surface area contributed by atoms with Crippen LogP contribution in [0.4, 0.5) is 11.5 Å². The van der Waals surface area contributed by atoms with E-state index in [4.69, 9.17) is 4.74 Å². The highest BCUT2D eigenvalue weighted by atomic mass is 16.5. The summed E-state index contributed by atoms with van der Waals surface area (Å²) in [7, 11) is 0. The molecule has 0 aliphatic heterocycles. The third kappa shape index (κ3) is 5.22. The van der Waals surface area contributed by atoms with E-state index < -0.39 is 0 Å². The minimum Gasteiger partial charge on any atom is -0.494 e. The molecule has 0 saturated heterocycles. The van der Waals surface area contributed by atoms with Crippen LogP contribution in [0.5, 0.6) is 5.75 Å². The van der Waals surface area contributed by atoms with Crippen LogP contribution in [0.1, 0.15) is 55.8 Å². The Labute approximate surface area is 155 Å². The predicted molar refractivity (Wildman–Crippen MR) is 105 cm³/mol. The van der Waals surface area contributed by atoms with Gasteiger partial charge in [0.1, 0.15) is 11.6 Å². The Morgan fingerprint density at radius 2 is 1.81 bits per heavy atom. The van der Waals surface area contributed by atoms with Crippen LogP contribution in [-0.4, -0.2) is 23.5 Å². The lowest BCUT2D eigenvalue weighted by Gasteiger charge is -2.16. The van der Waals surface area contributed by atoms with E-state index in [1.807, 2.05) is 43.3 Å². The molecule has 2 N–H and O–H groups in total. The fourth-order valence-electron chi connectivity index (χ4n) is 3.25. The van der Waals surface area contributed by atoms with E-state index in [0.717, 1.165) is 17.3 Å². The van der Waals surface area contributed by atoms with Crippen molar-refractivity contribution in [2.75, 3.05) is 17.2 Å². The molecule has 1 amide bonds. The smallest absolute Gasteiger partial charge is 0.257 e. The summed E-state index contributed by atoms with van der Waals surface area (Å²) < 4.78 is 5.40. The highest BCUT2D eigenvalue weighted by Crippen LogP contribution is 2.21. The molecule has 2 aromatic rings. The molecule has 1 saturated carbocycles. The number of hydrogen-bond donors (Lipinski definition) is 2. The van der Waals surface area contributed by atoms with Crippen LogP contribution in [-0.2, 0) is 0 Å². The van der Waals surface area contributed by atoms with E-state index in [1.165, 1.54) is 38.5 Å². The van der Waals surface area contributed by atoms with Gasteiger partial charge >= 0.3 is 0 Å². The molecule has 5 heteroatoms. The highest BCUT2D eigenvalue weighted by Gasteiger charge is 2.13. The van der Waals surface area contributed by atoms with Crippen molar-refractivity contribution in [2.45, 2.75) is 51.5 Å². The number of pyridine rings is 1. The first-order valence-corrected chi connectivity index (χ1v) is 9.51. The number of nitrogens with zero attached hydrogens (tertiary/aromatic N) is 1. The number of aromatic nitrogens is 1. The maximum atomic E-state index is 12.4. The number of benzene rings is 1. The molecule has 138 valence electrons. The van der Waals surface area contributed by atoms with Gasteiger partial charge in [-0.2, -0.15) is 0 Å². The van der Waals surface area contributed by atoms with Gasteiger partial charge in [0.15, 0.2) is 0 Å². The van der Waals surface area contributed by atoms with Gasteiger partial charge in [-0.3, -0.25) is 4.79 Å². The summed E-state index contributed by atoms with van der Waals surface area (Å²) in [5.74, 6) is 1.47. The van der Waals surface area contributed by atoms with E-state index in [-0.39, 0.29) is 5.91 Å². The number of nitrogens with one attached hydrogen (secondary N) is 2. The van der Waals surface area contributed by atoms with Crippen molar-refractivity contribution in [3.05, 3.63) is 48.2 Å². The van der Waals surface area contributed by atoms with Crippen LogP contribution in [0.25, 0.3) is 0 Å². The number of rotatable bonds is 6. The molecule has 5 nitrogen and oxygen atoms in total.